The van der Waals surface area contributed by atoms with Crippen molar-refractivity contribution >= 4 is 10.8 Å². The van der Waals surface area contributed by atoms with E-state index in [4.69, 9.17) is 10.6 Å². The van der Waals surface area contributed by atoms with E-state index in [1.54, 1.807) is 6.20 Å². The van der Waals surface area contributed by atoms with Gasteiger partial charge < -0.3 is 4.74 Å². The number of rotatable bonds is 5. The third-order valence-corrected chi connectivity index (χ3v) is 2.78. The van der Waals surface area contributed by atoms with E-state index in [2.05, 4.69) is 16.5 Å². The standard InChI is InChI=1S/C13H17N3O/c1-2-17-9-13(16-14)11-5-3-4-10-6-7-15-8-12(10)11/h3-8,13,16H,2,9,14H2,1H3. The molecule has 0 saturated carbocycles. The molecule has 4 heteroatoms. The number of fused-ring (bicyclic) bond motifs is 1. The molecule has 90 valence electrons. The lowest BCUT2D eigenvalue weighted by molar-refractivity contribution is 0.123. The monoisotopic (exact) mass is 231 g/mol. The van der Waals surface area contributed by atoms with Crippen LogP contribution in [0.2, 0.25) is 0 Å². The highest BCUT2D eigenvalue weighted by Gasteiger charge is 2.12. The van der Waals surface area contributed by atoms with Crippen LogP contribution in [0.3, 0.4) is 0 Å². The van der Waals surface area contributed by atoms with E-state index in [0.29, 0.717) is 13.2 Å². The van der Waals surface area contributed by atoms with Crippen molar-refractivity contribution in [1.82, 2.24) is 10.4 Å². The van der Waals surface area contributed by atoms with Gasteiger partial charge in [0.1, 0.15) is 0 Å². The molecule has 3 N–H and O–H groups in total. The molecule has 1 heterocycles. The van der Waals surface area contributed by atoms with Gasteiger partial charge in [-0.05, 0) is 23.9 Å². The van der Waals surface area contributed by atoms with Crippen LogP contribution in [0.4, 0.5) is 0 Å². The summed E-state index contributed by atoms with van der Waals surface area (Å²) in [4.78, 5) is 4.16. The van der Waals surface area contributed by atoms with Crippen LogP contribution in [0.5, 0.6) is 0 Å². The van der Waals surface area contributed by atoms with Gasteiger partial charge in [-0.3, -0.25) is 16.3 Å². The molecule has 1 aromatic heterocycles. The van der Waals surface area contributed by atoms with Crippen LogP contribution in [-0.2, 0) is 4.74 Å². The van der Waals surface area contributed by atoms with Crippen LogP contribution in [0.15, 0.2) is 36.7 Å². The summed E-state index contributed by atoms with van der Waals surface area (Å²) in [5.41, 5.74) is 3.91. The van der Waals surface area contributed by atoms with Crippen molar-refractivity contribution in [3.8, 4) is 0 Å². The summed E-state index contributed by atoms with van der Waals surface area (Å²) < 4.78 is 5.43. The largest absolute Gasteiger partial charge is 0.380 e. The highest BCUT2D eigenvalue weighted by molar-refractivity contribution is 5.85. The summed E-state index contributed by atoms with van der Waals surface area (Å²) >= 11 is 0. The van der Waals surface area contributed by atoms with Gasteiger partial charge >= 0.3 is 0 Å². The number of pyridine rings is 1. The Hall–Kier alpha value is -1.49. The summed E-state index contributed by atoms with van der Waals surface area (Å²) in [6.45, 7) is 3.21. The Morgan fingerprint density at radius 2 is 2.29 bits per heavy atom. The molecule has 1 unspecified atom stereocenters. The molecule has 1 atom stereocenters. The molecular weight excluding hydrogens is 214 g/mol. The highest BCUT2D eigenvalue weighted by Crippen LogP contribution is 2.23. The van der Waals surface area contributed by atoms with Crippen LogP contribution in [0.1, 0.15) is 18.5 Å². The second-order valence-electron chi connectivity index (χ2n) is 3.82. The molecule has 0 aliphatic rings. The Kier molecular flexibility index (Phi) is 4.03. The zero-order valence-corrected chi connectivity index (χ0v) is 9.89. The first-order valence-corrected chi connectivity index (χ1v) is 5.73. The molecule has 0 radical (unpaired) electrons. The van der Waals surface area contributed by atoms with Crippen LogP contribution in [0.25, 0.3) is 10.8 Å². The molecule has 0 bridgehead atoms. The van der Waals surface area contributed by atoms with E-state index in [9.17, 15) is 0 Å². The number of nitrogens with zero attached hydrogens (tertiary/aromatic N) is 1. The van der Waals surface area contributed by atoms with Gasteiger partial charge in [0.15, 0.2) is 0 Å². The first-order valence-electron chi connectivity index (χ1n) is 5.73. The van der Waals surface area contributed by atoms with Gasteiger partial charge in [0.2, 0.25) is 0 Å². The highest BCUT2D eigenvalue weighted by atomic mass is 16.5. The number of benzene rings is 1. The minimum Gasteiger partial charge on any atom is -0.380 e. The number of hydrazine groups is 1. The topological polar surface area (TPSA) is 60.2 Å². The number of hydrogen-bond donors (Lipinski definition) is 2. The zero-order valence-electron chi connectivity index (χ0n) is 9.89. The average molecular weight is 231 g/mol. The first kappa shape index (κ1) is 12.0. The second-order valence-corrected chi connectivity index (χ2v) is 3.82. The zero-order chi connectivity index (χ0) is 12.1. The predicted octanol–water partition coefficient (Wildman–Crippen LogP) is 1.78. The Bertz CT molecular complexity index is 482. The lowest BCUT2D eigenvalue weighted by Gasteiger charge is -2.17. The van der Waals surface area contributed by atoms with Crippen LogP contribution in [0, 0.1) is 0 Å². The van der Waals surface area contributed by atoms with Crippen molar-refractivity contribution in [3.05, 3.63) is 42.2 Å². The summed E-state index contributed by atoms with van der Waals surface area (Å²) in [6.07, 6.45) is 3.65. The molecular formula is C13H17N3O. The SMILES string of the molecule is CCOCC(NN)c1cccc2ccncc12. The molecule has 0 fully saturated rings. The van der Waals surface area contributed by atoms with E-state index in [1.165, 1.54) is 0 Å². The van der Waals surface area contributed by atoms with Crippen LogP contribution < -0.4 is 11.3 Å². The Labute approximate surface area is 101 Å². The molecule has 0 spiro atoms. The summed E-state index contributed by atoms with van der Waals surface area (Å²) in [5, 5.41) is 2.27. The van der Waals surface area contributed by atoms with E-state index < -0.39 is 0 Å². The fourth-order valence-electron chi connectivity index (χ4n) is 1.90. The maximum atomic E-state index is 5.59. The number of ether oxygens (including phenoxy) is 1. The van der Waals surface area contributed by atoms with E-state index in [0.717, 1.165) is 16.3 Å². The number of nitrogens with two attached hydrogens (primary N) is 1. The van der Waals surface area contributed by atoms with Gasteiger partial charge in [-0.1, -0.05) is 18.2 Å². The number of hydrogen-bond acceptors (Lipinski definition) is 4. The van der Waals surface area contributed by atoms with Crippen molar-refractivity contribution in [2.45, 2.75) is 13.0 Å². The lowest BCUT2D eigenvalue weighted by Crippen LogP contribution is -2.31. The van der Waals surface area contributed by atoms with Gasteiger partial charge in [0.25, 0.3) is 0 Å². The van der Waals surface area contributed by atoms with Crippen molar-refractivity contribution in [2.24, 2.45) is 5.84 Å². The molecule has 4 nitrogen and oxygen atoms in total. The van der Waals surface area contributed by atoms with Gasteiger partial charge in [-0.2, -0.15) is 0 Å². The molecule has 1 aromatic carbocycles. The molecule has 0 aliphatic heterocycles. The number of aromatic nitrogens is 1. The predicted molar refractivity (Wildman–Crippen MR) is 68.3 cm³/mol. The van der Waals surface area contributed by atoms with Crippen molar-refractivity contribution in [3.63, 3.8) is 0 Å². The van der Waals surface area contributed by atoms with Crippen molar-refractivity contribution in [1.29, 1.82) is 0 Å². The van der Waals surface area contributed by atoms with Gasteiger partial charge in [0.05, 0.1) is 12.6 Å². The van der Waals surface area contributed by atoms with Crippen LogP contribution in [-0.4, -0.2) is 18.2 Å². The maximum absolute atomic E-state index is 5.59. The fraction of sp³-hybridized carbons (Fsp3) is 0.308. The lowest BCUT2D eigenvalue weighted by atomic mass is 10.0. The van der Waals surface area contributed by atoms with Crippen molar-refractivity contribution < 1.29 is 4.74 Å². The first-order chi connectivity index (χ1) is 8.36. The van der Waals surface area contributed by atoms with E-state index in [-0.39, 0.29) is 6.04 Å². The van der Waals surface area contributed by atoms with E-state index >= 15 is 0 Å². The molecule has 0 aliphatic carbocycles. The quantitative estimate of drug-likeness (QED) is 0.608. The van der Waals surface area contributed by atoms with E-state index in [1.807, 2.05) is 31.3 Å². The van der Waals surface area contributed by atoms with Crippen LogP contribution >= 0.6 is 0 Å². The summed E-state index contributed by atoms with van der Waals surface area (Å²) in [5.74, 6) is 5.59. The molecule has 17 heavy (non-hydrogen) atoms. The Balaban J connectivity index is 2.38. The minimum absolute atomic E-state index is 0.0113. The smallest absolute Gasteiger partial charge is 0.0700 e. The second kappa shape index (κ2) is 5.72. The Morgan fingerprint density at radius 1 is 1.41 bits per heavy atom. The van der Waals surface area contributed by atoms with Crippen molar-refractivity contribution in [2.75, 3.05) is 13.2 Å². The Morgan fingerprint density at radius 3 is 3.06 bits per heavy atom. The molecule has 0 amide bonds. The summed E-state index contributed by atoms with van der Waals surface area (Å²) in [7, 11) is 0. The summed E-state index contributed by atoms with van der Waals surface area (Å²) in [6, 6.07) is 8.12. The number of nitrogens with one attached hydrogen (secondary N) is 1. The molecule has 2 rings (SSSR count). The fourth-order valence-corrected chi connectivity index (χ4v) is 1.90. The normalized spacial score (nSPS) is 12.8. The molecule has 2 aromatic rings. The third-order valence-electron chi connectivity index (χ3n) is 2.78. The minimum atomic E-state index is -0.0113. The van der Waals surface area contributed by atoms with Gasteiger partial charge in [0, 0.05) is 24.4 Å². The maximum Gasteiger partial charge on any atom is 0.0700 e. The molecule has 0 saturated heterocycles. The van der Waals surface area contributed by atoms with Gasteiger partial charge in [-0.15, -0.1) is 0 Å². The van der Waals surface area contributed by atoms with Gasteiger partial charge in [-0.25, -0.2) is 0 Å². The third kappa shape index (κ3) is 2.61. The average Bonchev–Trinajstić information content (AvgIpc) is 2.40.